The molecule has 2 atom stereocenters. The Kier molecular flexibility index (Phi) is 6.75. The highest BCUT2D eigenvalue weighted by Gasteiger charge is 2.36. The first-order valence-electron chi connectivity index (χ1n) is 8.43. The van der Waals surface area contributed by atoms with Gasteiger partial charge in [0, 0.05) is 31.2 Å². The van der Waals surface area contributed by atoms with Gasteiger partial charge in [0.05, 0.1) is 13.2 Å². The molecule has 0 aliphatic carbocycles. The van der Waals surface area contributed by atoms with E-state index in [0.29, 0.717) is 12.6 Å². The summed E-state index contributed by atoms with van der Waals surface area (Å²) in [5.74, 6) is 0. The Bertz CT molecular complexity index is 267. The fourth-order valence-corrected chi connectivity index (χ4v) is 3.70. The first-order valence-corrected chi connectivity index (χ1v) is 8.43. The number of aliphatic hydroxyl groups excluding tert-OH is 1. The molecular formula is C16H32N2O2. The van der Waals surface area contributed by atoms with Crippen molar-refractivity contribution in [1.82, 2.24) is 10.2 Å². The number of aliphatic hydroxyl groups is 1. The van der Waals surface area contributed by atoms with Crippen LogP contribution in [0.4, 0.5) is 0 Å². The van der Waals surface area contributed by atoms with Crippen LogP contribution in [0.3, 0.4) is 0 Å². The number of nitrogens with one attached hydrogen (secondary N) is 1. The number of nitrogens with zero attached hydrogens (tertiary/aromatic N) is 1. The fraction of sp³-hybridized carbons (Fsp3) is 1.00. The molecule has 2 aliphatic heterocycles. The lowest BCUT2D eigenvalue weighted by molar-refractivity contribution is -0.0364. The van der Waals surface area contributed by atoms with Gasteiger partial charge in [-0.2, -0.15) is 0 Å². The predicted octanol–water partition coefficient (Wildman–Crippen LogP) is 1.63. The Morgan fingerprint density at radius 1 is 1.30 bits per heavy atom. The quantitative estimate of drug-likeness (QED) is 0.778. The van der Waals surface area contributed by atoms with Crippen molar-refractivity contribution in [3.8, 4) is 0 Å². The van der Waals surface area contributed by atoms with Crippen molar-refractivity contribution in [2.75, 3.05) is 46.0 Å². The average Bonchev–Trinajstić information content (AvgIpc) is 2.71. The second-order valence-electron chi connectivity index (χ2n) is 6.59. The lowest BCUT2D eigenvalue weighted by atomic mass is 9.81. The van der Waals surface area contributed by atoms with Crippen LogP contribution in [0, 0.1) is 5.41 Å². The molecule has 0 saturated carbocycles. The van der Waals surface area contributed by atoms with Gasteiger partial charge in [-0.15, -0.1) is 0 Å². The molecule has 2 rings (SSSR count). The highest BCUT2D eigenvalue weighted by Crippen LogP contribution is 2.31. The van der Waals surface area contributed by atoms with Crippen LogP contribution in [0.25, 0.3) is 0 Å². The maximum absolute atomic E-state index is 9.69. The molecule has 4 heteroatoms. The summed E-state index contributed by atoms with van der Waals surface area (Å²) in [7, 11) is 0. The molecule has 4 nitrogen and oxygen atoms in total. The summed E-state index contributed by atoms with van der Waals surface area (Å²) >= 11 is 0. The Morgan fingerprint density at radius 2 is 2.20 bits per heavy atom. The van der Waals surface area contributed by atoms with Crippen molar-refractivity contribution >= 4 is 0 Å². The molecule has 0 bridgehead atoms. The topological polar surface area (TPSA) is 44.7 Å². The van der Waals surface area contributed by atoms with Crippen LogP contribution in [0.5, 0.6) is 0 Å². The minimum Gasteiger partial charge on any atom is -0.395 e. The van der Waals surface area contributed by atoms with Crippen molar-refractivity contribution < 1.29 is 9.84 Å². The largest absolute Gasteiger partial charge is 0.395 e. The van der Waals surface area contributed by atoms with Crippen LogP contribution in [-0.4, -0.2) is 62.0 Å². The minimum absolute atomic E-state index is 0.242. The zero-order valence-corrected chi connectivity index (χ0v) is 13.1. The maximum Gasteiger partial charge on any atom is 0.0586 e. The third-order valence-electron chi connectivity index (χ3n) is 4.90. The van der Waals surface area contributed by atoms with Crippen LogP contribution >= 0.6 is 0 Å². The number of hydrogen-bond acceptors (Lipinski definition) is 4. The average molecular weight is 284 g/mol. The molecule has 2 aliphatic rings. The number of hydrogen-bond donors (Lipinski definition) is 2. The van der Waals surface area contributed by atoms with Crippen LogP contribution in [-0.2, 0) is 4.74 Å². The van der Waals surface area contributed by atoms with E-state index in [2.05, 4.69) is 17.1 Å². The van der Waals surface area contributed by atoms with E-state index in [0.717, 1.165) is 45.8 Å². The molecule has 2 saturated heterocycles. The van der Waals surface area contributed by atoms with E-state index < -0.39 is 0 Å². The summed E-state index contributed by atoms with van der Waals surface area (Å²) < 4.78 is 5.80. The normalized spacial score (nSPS) is 33.0. The van der Waals surface area contributed by atoms with Crippen molar-refractivity contribution in [2.24, 2.45) is 5.41 Å². The van der Waals surface area contributed by atoms with Gasteiger partial charge in [-0.05, 0) is 38.8 Å². The summed E-state index contributed by atoms with van der Waals surface area (Å²) in [4.78, 5) is 2.54. The zero-order valence-electron chi connectivity index (χ0n) is 13.1. The van der Waals surface area contributed by atoms with E-state index in [9.17, 15) is 5.11 Å². The van der Waals surface area contributed by atoms with Crippen molar-refractivity contribution in [1.29, 1.82) is 0 Å². The second-order valence-corrected chi connectivity index (χ2v) is 6.59. The molecule has 2 fully saturated rings. The zero-order chi connectivity index (χ0) is 14.3. The molecule has 2 heterocycles. The smallest absolute Gasteiger partial charge is 0.0586 e. The van der Waals surface area contributed by atoms with Crippen molar-refractivity contribution in [3.63, 3.8) is 0 Å². The van der Waals surface area contributed by atoms with Crippen LogP contribution in [0.1, 0.15) is 45.4 Å². The van der Waals surface area contributed by atoms with E-state index in [4.69, 9.17) is 4.74 Å². The van der Waals surface area contributed by atoms with Crippen LogP contribution in [0.15, 0.2) is 0 Å². The van der Waals surface area contributed by atoms with E-state index in [1.807, 2.05) is 0 Å². The Labute approximate surface area is 123 Å². The highest BCUT2D eigenvalue weighted by atomic mass is 16.5. The van der Waals surface area contributed by atoms with E-state index in [1.165, 1.54) is 32.1 Å². The number of rotatable bonds is 6. The third kappa shape index (κ3) is 4.42. The molecule has 20 heavy (non-hydrogen) atoms. The lowest BCUT2D eigenvalue weighted by Gasteiger charge is -2.43. The fourth-order valence-electron chi connectivity index (χ4n) is 3.70. The van der Waals surface area contributed by atoms with Gasteiger partial charge in [-0.3, -0.25) is 4.90 Å². The summed E-state index contributed by atoms with van der Waals surface area (Å²) in [5.41, 5.74) is 0.242. The Hall–Kier alpha value is -0.160. The van der Waals surface area contributed by atoms with Crippen LogP contribution in [0.2, 0.25) is 0 Å². The van der Waals surface area contributed by atoms with Gasteiger partial charge in [0.25, 0.3) is 0 Å². The maximum atomic E-state index is 9.69. The number of likely N-dealkylation sites (tertiary alicyclic amines) is 1. The standard InChI is InChI=1S/C16H32N2O2/c1-2-17-12-16(8-6-10-20-14-16)13-18-9-5-3-4-7-15(18)11-19/h15,17,19H,2-14H2,1H3. The van der Waals surface area contributed by atoms with Crippen molar-refractivity contribution in [3.05, 3.63) is 0 Å². The molecule has 0 aromatic carbocycles. The van der Waals surface area contributed by atoms with Gasteiger partial charge in [0.1, 0.15) is 0 Å². The van der Waals surface area contributed by atoms with E-state index in [1.54, 1.807) is 0 Å². The Morgan fingerprint density at radius 3 is 2.90 bits per heavy atom. The summed E-state index contributed by atoms with van der Waals surface area (Å²) in [5, 5.41) is 13.2. The molecular weight excluding hydrogens is 252 g/mol. The highest BCUT2D eigenvalue weighted by molar-refractivity contribution is 4.89. The van der Waals surface area contributed by atoms with Gasteiger partial charge < -0.3 is 15.2 Å². The first-order chi connectivity index (χ1) is 9.79. The Balaban J connectivity index is 2.00. The predicted molar refractivity (Wildman–Crippen MR) is 81.9 cm³/mol. The van der Waals surface area contributed by atoms with Gasteiger partial charge in [0.2, 0.25) is 0 Å². The third-order valence-corrected chi connectivity index (χ3v) is 4.90. The SMILES string of the molecule is CCNCC1(CN2CCCCCC2CO)CCCOC1. The van der Waals surface area contributed by atoms with E-state index >= 15 is 0 Å². The summed E-state index contributed by atoms with van der Waals surface area (Å²) in [6.07, 6.45) is 7.41. The van der Waals surface area contributed by atoms with Crippen LogP contribution < -0.4 is 5.32 Å². The second kappa shape index (κ2) is 8.32. The van der Waals surface area contributed by atoms with Gasteiger partial charge in [0.15, 0.2) is 0 Å². The molecule has 0 aromatic rings. The van der Waals surface area contributed by atoms with Gasteiger partial charge in [-0.1, -0.05) is 19.8 Å². The number of ether oxygens (including phenoxy) is 1. The van der Waals surface area contributed by atoms with E-state index in [-0.39, 0.29) is 5.41 Å². The van der Waals surface area contributed by atoms with Crippen molar-refractivity contribution in [2.45, 2.75) is 51.5 Å². The minimum atomic E-state index is 0.242. The lowest BCUT2D eigenvalue weighted by Crippen LogP contribution is -2.52. The van der Waals surface area contributed by atoms with Gasteiger partial charge in [-0.25, -0.2) is 0 Å². The molecule has 118 valence electrons. The molecule has 0 radical (unpaired) electrons. The molecule has 0 spiro atoms. The summed E-state index contributed by atoms with van der Waals surface area (Å²) in [6, 6.07) is 0.359. The molecule has 0 amide bonds. The molecule has 2 N–H and O–H groups in total. The molecule has 0 aromatic heterocycles. The monoisotopic (exact) mass is 284 g/mol. The molecule has 2 unspecified atom stereocenters. The summed E-state index contributed by atoms with van der Waals surface area (Å²) in [6.45, 7) is 8.53. The van der Waals surface area contributed by atoms with Gasteiger partial charge >= 0.3 is 0 Å². The first kappa shape index (κ1) is 16.2.